The van der Waals surface area contributed by atoms with Crippen LogP contribution < -0.4 is 16.0 Å². The molecule has 3 aromatic carbocycles. The summed E-state index contributed by atoms with van der Waals surface area (Å²) < 4.78 is 28.1. The van der Waals surface area contributed by atoms with Crippen molar-refractivity contribution in [1.29, 1.82) is 0 Å². The maximum atomic E-state index is 15.0. The molecule has 3 N–H and O–H groups in total. The fourth-order valence-electron chi connectivity index (χ4n) is 5.17. The topological polar surface area (TPSA) is 70.2 Å². The smallest absolute Gasteiger partial charge is 0.242 e. The largest absolute Gasteiger partial charge is 0.383 e. The lowest BCUT2D eigenvalue weighted by Crippen LogP contribution is -2.49. The molecule has 0 heterocycles. The van der Waals surface area contributed by atoms with E-state index in [1.54, 1.807) is 31.2 Å². The molecule has 1 aliphatic carbocycles. The van der Waals surface area contributed by atoms with Crippen molar-refractivity contribution in [3.63, 3.8) is 0 Å². The van der Waals surface area contributed by atoms with Crippen LogP contribution in [0, 0.1) is 17.6 Å². The Hall–Kier alpha value is -3.74. The van der Waals surface area contributed by atoms with Crippen molar-refractivity contribution >= 4 is 17.5 Å². The molecule has 1 fully saturated rings. The van der Waals surface area contributed by atoms with Gasteiger partial charge >= 0.3 is 0 Å². The molecule has 39 heavy (non-hydrogen) atoms. The monoisotopic (exact) mass is 533 g/mol. The number of carbonyl (C=O) groups excluding carboxylic acids is 2. The number of amides is 2. The molecule has 0 aromatic heterocycles. The van der Waals surface area contributed by atoms with E-state index in [0.717, 1.165) is 36.9 Å². The molecule has 0 bridgehead atoms. The number of rotatable bonds is 11. The molecule has 0 spiro atoms. The van der Waals surface area contributed by atoms with Gasteiger partial charge in [0, 0.05) is 24.3 Å². The molecule has 0 saturated heterocycles. The van der Waals surface area contributed by atoms with Crippen LogP contribution in [0.5, 0.6) is 0 Å². The van der Waals surface area contributed by atoms with Gasteiger partial charge in [-0.3, -0.25) is 9.59 Å². The van der Waals surface area contributed by atoms with Crippen LogP contribution in [0.25, 0.3) is 11.1 Å². The van der Waals surface area contributed by atoms with Gasteiger partial charge in [-0.15, -0.1) is 0 Å². The zero-order valence-corrected chi connectivity index (χ0v) is 22.4. The second-order valence-electron chi connectivity index (χ2n) is 10.4. The van der Waals surface area contributed by atoms with E-state index in [1.165, 1.54) is 24.6 Å². The van der Waals surface area contributed by atoms with Gasteiger partial charge in [0.05, 0.1) is 5.92 Å². The summed E-state index contributed by atoms with van der Waals surface area (Å²) in [5.74, 6) is -1.46. The molecular formula is C32H37F2N3O2. The number of halogens is 2. The minimum absolute atomic E-state index is 0.229. The van der Waals surface area contributed by atoms with Crippen molar-refractivity contribution < 1.29 is 18.4 Å². The van der Waals surface area contributed by atoms with E-state index in [0.29, 0.717) is 36.6 Å². The molecular weight excluding hydrogens is 496 g/mol. The number of nitrogens with one attached hydrogen (secondary N) is 3. The maximum Gasteiger partial charge on any atom is 0.242 e. The first kappa shape index (κ1) is 28.3. The maximum absolute atomic E-state index is 15.0. The Kier molecular flexibility index (Phi) is 10.1. The molecule has 1 unspecified atom stereocenters. The van der Waals surface area contributed by atoms with E-state index in [1.807, 2.05) is 30.3 Å². The first-order valence-electron chi connectivity index (χ1n) is 13.8. The molecule has 4 rings (SSSR count). The van der Waals surface area contributed by atoms with E-state index in [2.05, 4.69) is 16.0 Å². The molecule has 7 heteroatoms. The van der Waals surface area contributed by atoms with Gasteiger partial charge < -0.3 is 16.0 Å². The van der Waals surface area contributed by atoms with Crippen molar-refractivity contribution in [2.24, 2.45) is 5.92 Å². The molecule has 3 aromatic rings. The Labute approximate surface area is 229 Å². The van der Waals surface area contributed by atoms with Gasteiger partial charge in [0.15, 0.2) is 0 Å². The van der Waals surface area contributed by atoms with Crippen LogP contribution >= 0.6 is 0 Å². The highest BCUT2D eigenvalue weighted by atomic mass is 19.1. The lowest BCUT2D eigenvalue weighted by Gasteiger charge is -2.27. The highest BCUT2D eigenvalue weighted by Gasteiger charge is 2.28. The summed E-state index contributed by atoms with van der Waals surface area (Å²) in [4.78, 5) is 26.4. The van der Waals surface area contributed by atoms with Crippen LogP contribution in [0.2, 0.25) is 0 Å². The first-order chi connectivity index (χ1) is 18.9. The van der Waals surface area contributed by atoms with Crippen LogP contribution in [0.1, 0.15) is 56.9 Å². The zero-order chi connectivity index (χ0) is 27.6. The summed E-state index contributed by atoms with van der Waals surface area (Å²) in [5.41, 5.74) is 2.58. The van der Waals surface area contributed by atoms with Gasteiger partial charge in [-0.05, 0) is 60.7 Å². The lowest BCUT2D eigenvalue weighted by atomic mass is 9.84. The lowest BCUT2D eigenvalue weighted by molar-refractivity contribution is -0.130. The van der Waals surface area contributed by atoms with Crippen molar-refractivity contribution in [3.8, 4) is 11.1 Å². The van der Waals surface area contributed by atoms with E-state index in [9.17, 15) is 18.4 Å². The summed E-state index contributed by atoms with van der Waals surface area (Å²) in [6, 6.07) is 19.5. The van der Waals surface area contributed by atoms with Crippen molar-refractivity contribution in [1.82, 2.24) is 10.6 Å². The Morgan fingerprint density at radius 2 is 1.59 bits per heavy atom. The molecule has 0 radical (unpaired) electrons. The molecule has 1 aliphatic rings. The summed E-state index contributed by atoms with van der Waals surface area (Å²) in [7, 11) is 0. The Morgan fingerprint density at radius 3 is 2.28 bits per heavy atom. The third-order valence-electron chi connectivity index (χ3n) is 7.50. The minimum atomic E-state index is -0.665. The number of hydrogen-bond donors (Lipinski definition) is 3. The number of anilines is 1. The highest BCUT2D eigenvalue weighted by Crippen LogP contribution is 2.29. The Balaban J connectivity index is 1.37. The fourth-order valence-corrected chi connectivity index (χ4v) is 5.17. The average Bonchev–Trinajstić information content (AvgIpc) is 2.96. The van der Waals surface area contributed by atoms with Gasteiger partial charge in [0.2, 0.25) is 11.8 Å². The third-order valence-corrected chi connectivity index (χ3v) is 7.50. The predicted molar refractivity (Wildman–Crippen MR) is 151 cm³/mol. The van der Waals surface area contributed by atoms with Crippen molar-refractivity contribution in [3.05, 3.63) is 90.0 Å². The van der Waals surface area contributed by atoms with Gasteiger partial charge in [-0.2, -0.15) is 0 Å². The van der Waals surface area contributed by atoms with Crippen molar-refractivity contribution in [2.45, 2.75) is 57.4 Å². The minimum Gasteiger partial charge on any atom is -0.383 e. The van der Waals surface area contributed by atoms with Crippen LogP contribution in [-0.4, -0.2) is 30.9 Å². The number of benzene rings is 3. The van der Waals surface area contributed by atoms with E-state index in [-0.39, 0.29) is 23.4 Å². The van der Waals surface area contributed by atoms with Gasteiger partial charge in [0.25, 0.3) is 0 Å². The van der Waals surface area contributed by atoms with E-state index >= 15 is 0 Å². The first-order valence-corrected chi connectivity index (χ1v) is 13.8. The second-order valence-corrected chi connectivity index (χ2v) is 10.4. The summed E-state index contributed by atoms with van der Waals surface area (Å²) >= 11 is 0. The molecule has 2 atom stereocenters. The van der Waals surface area contributed by atoms with Crippen LogP contribution in [0.4, 0.5) is 14.5 Å². The van der Waals surface area contributed by atoms with Crippen LogP contribution in [0.15, 0.2) is 72.8 Å². The van der Waals surface area contributed by atoms with Gasteiger partial charge in [-0.25, -0.2) is 8.78 Å². The summed E-state index contributed by atoms with van der Waals surface area (Å²) in [6.45, 7) is 2.55. The zero-order valence-electron chi connectivity index (χ0n) is 22.4. The Morgan fingerprint density at radius 1 is 0.872 bits per heavy atom. The Bertz CT molecular complexity index is 1230. The summed E-state index contributed by atoms with van der Waals surface area (Å²) in [6.07, 6.45) is 6.16. The van der Waals surface area contributed by atoms with Gasteiger partial charge in [-0.1, -0.05) is 74.6 Å². The molecule has 1 saturated carbocycles. The number of carbonyl (C=O) groups is 2. The molecule has 2 amide bonds. The second kappa shape index (κ2) is 13.9. The van der Waals surface area contributed by atoms with E-state index < -0.39 is 12.0 Å². The number of hydrogen-bond acceptors (Lipinski definition) is 3. The quantitative estimate of drug-likeness (QED) is 0.249. The molecule has 206 valence electrons. The third kappa shape index (κ3) is 8.12. The fraction of sp³-hybridized carbons (Fsp3) is 0.375. The van der Waals surface area contributed by atoms with Gasteiger partial charge in [0.1, 0.15) is 17.7 Å². The molecule has 5 nitrogen and oxygen atoms in total. The average molecular weight is 534 g/mol. The summed E-state index contributed by atoms with van der Waals surface area (Å²) in [5, 5.41) is 9.03. The normalized spacial score (nSPS) is 15.3. The van der Waals surface area contributed by atoms with Crippen LogP contribution in [0.3, 0.4) is 0 Å². The SMILES string of the molecule is CC(C(=O)N[C@@H](CC1CCCCC1)C(=O)NCCNc1ccc(F)cc1)c1ccc(-c2ccccc2)c(F)c1. The molecule has 0 aliphatic heterocycles. The van der Waals surface area contributed by atoms with E-state index in [4.69, 9.17) is 0 Å². The van der Waals surface area contributed by atoms with Crippen LogP contribution in [-0.2, 0) is 9.59 Å². The standard InChI is InChI=1S/C32H37F2N3O2/c1-22(25-12-17-28(29(34)21-25)24-10-6-3-7-11-24)31(38)37-30(20-23-8-4-2-5-9-23)32(39)36-19-18-35-27-15-13-26(33)14-16-27/h3,6-7,10-17,21-23,30,35H,2,4-5,8-9,18-20H2,1H3,(H,36,39)(H,37,38)/t22?,30-/m0/s1. The van der Waals surface area contributed by atoms with Crippen molar-refractivity contribution in [2.75, 3.05) is 18.4 Å². The predicted octanol–water partition coefficient (Wildman–Crippen LogP) is 6.42. The highest BCUT2D eigenvalue weighted by molar-refractivity contribution is 5.90.